The molecular formula is C14H15F2N3O2S. The Kier molecular flexibility index (Phi) is 4.19. The van der Waals surface area contributed by atoms with Gasteiger partial charge in [-0.05, 0) is 37.5 Å². The molecule has 0 saturated heterocycles. The van der Waals surface area contributed by atoms with Gasteiger partial charge in [0.1, 0.15) is 5.75 Å². The van der Waals surface area contributed by atoms with Crippen molar-refractivity contribution >= 4 is 11.8 Å². The Morgan fingerprint density at radius 2 is 2.05 bits per heavy atom. The minimum absolute atomic E-state index is 0.0355. The number of hydrogen-bond donors (Lipinski definition) is 1. The van der Waals surface area contributed by atoms with Gasteiger partial charge in [-0.2, -0.15) is 8.78 Å². The van der Waals surface area contributed by atoms with Crippen LogP contribution in [0.5, 0.6) is 5.75 Å². The standard InChI is InChI=1S/C14H15F2N3O2S/c1-8(9-2-6-11(7-3-9)21-12(15)16)22-14-18-17-13(20)19(14)10-4-5-10/h2-3,6-8,10,12H,4-5H2,1H3,(H,17,20)/t8-/m0/s1. The summed E-state index contributed by atoms with van der Waals surface area (Å²) in [4.78, 5) is 11.7. The topological polar surface area (TPSA) is 59.9 Å². The number of H-pyrrole nitrogens is 1. The zero-order chi connectivity index (χ0) is 15.7. The fraction of sp³-hybridized carbons (Fsp3) is 0.429. The first-order chi connectivity index (χ1) is 10.5. The van der Waals surface area contributed by atoms with E-state index in [1.807, 2.05) is 6.92 Å². The van der Waals surface area contributed by atoms with Crippen molar-refractivity contribution in [3.05, 3.63) is 40.3 Å². The largest absolute Gasteiger partial charge is 0.435 e. The summed E-state index contributed by atoms with van der Waals surface area (Å²) >= 11 is 1.46. The molecule has 0 spiro atoms. The minimum atomic E-state index is -2.82. The van der Waals surface area contributed by atoms with Crippen molar-refractivity contribution in [3.63, 3.8) is 0 Å². The Balaban J connectivity index is 1.71. The molecule has 8 heteroatoms. The number of aromatic amines is 1. The van der Waals surface area contributed by atoms with Gasteiger partial charge in [-0.3, -0.25) is 4.57 Å². The van der Waals surface area contributed by atoms with Gasteiger partial charge >= 0.3 is 12.3 Å². The summed E-state index contributed by atoms with van der Waals surface area (Å²) in [7, 11) is 0. The van der Waals surface area contributed by atoms with Gasteiger partial charge in [0, 0.05) is 11.3 Å². The average molecular weight is 327 g/mol. The Morgan fingerprint density at radius 1 is 1.36 bits per heavy atom. The maximum Gasteiger partial charge on any atom is 0.387 e. The van der Waals surface area contributed by atoms with E-state index in [2.05, 4.69) is 14.9 Å². The summed E-state index contributed by atoms with van der Waals surface area (Å²) in [5.74, 6) is 0.130. The molecule has 0 unspecified atom stereocenters. The van der Waals surface area contributed by atoms with Gasteiger partial charge in [0.25, 0.3) is 0 Å². The van der Waals surface area contributed by atoms with Crippen LogP contribution in [0.15, 0.2) is 34.2 Å². The van der Waals surface area contributed by atoms with Crippen molar-refractivity contribution in [1.29, 1.82) is 0 Å². The Morgan fingerprint density at radius 3 is 2.64 bits per heavy atom. The molecular weight excluding hydrogens is 312 g/mol. The third kappa shape index (κ3) is 3.32. The van der Waals surface area contributed by atoms with Crippen molar-refractivity contribution in [2.75, 3.05) is 0 Å². The number of aromatic nitrogens is 3. The fourth-order valence-corrected chi connectivity index (χ4v) is 3.23. The lowest BCUT2D eigenvalue weighted by Crippen LogP contribution is -2.16. The van der Waals surface area contributed by atoms with E-state index in [4.69, 9.17) is 0 Å². The van der Waals surface area contributed by atoms with Crippen LogP contribution in [0, 0.1) is 0 Å². The van der Waals surface area contributed by atoms with Gasteiger partial charge in [0.2, 0.25) is 0 Å². The second kappa shape index (κ2) is 6.12. The van der Waals surface area contributed by atoms with Crippen molar-refractivity contribution in [2.45, 2.75) is 42.8 Å². The third-order valence-corrected chi connectivity index (χ3v) is 4.57. The number of thioether (sulfide) groups is 1. The second-order valence-electron chi connectivity index (χ2n) is 5.12. The Bertz CT molecular complexity index is 695. The summed E-state index contributed by atoms with van der Waals surface area (Å²) in [6, 6.07) is 6.75. The lowest BCUT2D eigenvalue weighted by Gasteiger charge is -2.12. The number of rotatable bonds is 6. The van der Waals surface area contributed by atoms with Gasteiger partial charge in [0.05, 0.1) is 0 Å². The molecule has 1 atom stereocenters. The highest BCUT2D eigenvalue weighted by molar-refractivity contribution is 7.99. The number of benzene rings is 1. The first kappa shape index (κ1) is 15.1. The lowest BCUT2D eigenvalue weighted by atomic mass is 10.2. The molecule has 5 nitrogen and oxygen atoms in total. The molecule has 1 aliphatic rings. The van der Waals surface area contributed by atoms with Crippen molar-refractivity contribution in [3.8, 4) is 5.75 Å². The quantitative estimate of drug-likeness (QED) is 0.827. The van der Waals surface area contributed by atoms with Crippen LogP contribution in [0.25, 0.3) is 0 Å². The van der Waals surface area contributed by atoms with Crippen molar-refractivity contribution in [1.82, 2.24) is 14.8 Å². The summed E-state index contributed by atoms with van der Waals surface area (Å²) in [5, 5.41) is 7.24. The highest BCUT2D eigenvalue weighted by Gasteiger charge is 2.29. The number of alkyl halides is 2. The monoisotopic (exact) mass is 327 g/mol. The predicted octanol–water partition coefficient (Wildman–Crippen LogP) is 3.36. The second-order valence-corrected chi connectivity index (χ2v) is 6.43. The van der Waals surface area contributed by atoms with E-state index in [-0.39, 0.29) is 22.7 Å². The fourth-order valence-electron chi connectivity index (χ4n) is 2.17. The number of halogens is 2. The Hall–Kier alpha value is -1.83. The summed E-state index contributed by atoms with van der Waals surface area (Å²) < 4.78 is 30.3. The molecule has 1 aromatic carbocycles. The van der Waals surface area contributed by atoms with E-state index in [0.717, 1.165) is 18.4 Å². The molecule has 1 fully saturated rings. The molecule has 1 heterocycles. The van der Waals surface area contributed by atoms with E-state index in [0.29, 0.717) is 5.16 Å². The molecule has 1 aliphatic carbocycles. The summed E-state index contributed by atoms with van der Waals surface area (Å²) in [5.41, 5.74) is 0.766. The van der Waals surface area contributed by atoms with Crippen LogP contribution in [0.2, 0.25) is 0 Å². The van der Waals surface area contributed by atoms with E-state index in [1.54, 1.807) is 16.7 Å². The molecule has 2 aromatic rings. The summed E-state index contributed by atoms with van der Waals surface area (Å²) in [6.45, 7) is -0.848. The first-order valence-electron chi connectivity index (χ1n) is 6.93. The molecule has 0 amide bonds. The Labute approximate surface area is 129 Å². The molecule has 0 aliphatic heterocycles. The van der Waals surface area contributed by atoms with Gasteiger partial charge in [0.15, 0.2) is 5.16 Å². The number of nitrogens with one attached hydrogen (secondary N) is 1. The highest BCUT2D eigenvalue weighted by Crippen LogP contribution is 2.40. The number of ether oxygens (including phenoxy) is 1. The molecule has 0 bridgehead atoms. The molecule has 1 saturated carbocycles. The zero-order valence-corrected chi connectivity index (χ0v) is 12.6. The molecule has 3 rings (SSSR count). The van der Waals surface area contributed by atoms with Crippen LogP contribution in [0.4, 0.5) is 8.78 Å². The van der Waals surface area contributed by atoms with Gasteiger partial charge in [-0.15, -0.1) is 5.10 Å². The van der Waals surface area contributed by atoms with Crippen LogP contribution < -0.4 is 10.4 Å². The lowest BCUT2D eigenvalue weighted by molar-refractivity contribution is -0.0498. The maximum absolute atomic E-state index is 12.1. The van der Waals surface area contributed by atoms with Gasteiger partial charge in [-0.1, -0.05) is 23.9 Å². The van der Waals surface area contributed by atoms with Crippen LogP contribution in [-0.2, 0) is 0 Å². The van der Waals surface area contributed by atoms with Crippen molar-refractivity contribution < 1.29 is 13.5 Å². The van der Waals surface area contributed by atoms with E-state index in [1.165, 1.54) is 23.9 Å². The molecule has 0 radical (unpaired) electrons. The first-order valence-corrected chi connectivity index (χ1v) is 7.81. The number of hydrogen-bond acceptors (Lipinski definition) is 4. The van der Waals surface area contributed by atoms with Crippen LogP contribution in [0.3, 0.4) is 0 Å². The molecule has 22 heavy (non-hydrogen) atoms. The van der Waals surface area contributed by atoms with E-state index >= 15 is 0 Å². The SMILES string of the molecule is C[C@H](Sc1n[nH]c(=O)n1C1CC1)c1ccc(OC(F)F)cc1. The maximum atomic E-state index is 12.1. The molecule has 118 valence electrons. The third-order valence-electron chi connectivity index (χ3n) is 3.44. The number of nitrogens with zero attached hydrogens (tertiary/aromatic N) is 2. The smallest absolute Gasteiger partial charge is 0.387 e. The van der Waals surface area contributed by atoms with Gasteiger partial charge in [-0.25, -0.2) is 9.89 Å². The van der Waals surface area contributed by atoms with Gasteiger partial charge < -0.3 is 4.74 Å². The highest BCUT2D eigenvalue weighted by atomic mass is 32.2. The zero-order valence-electron chi connectivity index (χ0n) is 11.8. The van der Waals surface area contributed by atoms with Crippen LogP contribution >= 0.6 is 11.8 Å². The average Bonchev–Trinajstić information content (AvgIpc) is 3.24. The molecule has 1 N–H and O–H groups in total. The normalized spacial score (nSPS) is 16.0. The van der Waals surface area contributed by atoms with Crippen LogP contribution in [0.1, 0.15) is 36.6 Å². The molecule has 1 aromatic heterocycles. The van der Waals surface area contributed by atoms with Crippen LogP contribution in [-0.4, -0.2) is 21.4 Å². The predicted molar refractivity (Wildman–Crippen MR) is 78.5 cm³/mol. The summed E-state index contributed by atoms with van der Waals surface area (Å²) in [6.07, 6.45) is 2.00. The van der Waals surface area contributed by atoms with E-state index in [9.17, 15) is 13.6 Å². The minimum Gasteiger partial charge on any atom is -0.435 e. The van der Waals surface area contributed by atoms with Crippen molar-refractivity contribution in [2.24, 2.45) is 0 Å². The van der Waals surface area contributed by atoms with E-state index < -0.39 is 6.61 Å².